The average molecular weight is 343 g/mol. The molecule has 25 heavy (non-hydrogen) atoms. The van der Waals surface area contributed by atoms with Gasteiger partial charge in [0.05, 0.1) is 11.9 Å². The number of hydrogen-bond donors (Lipinski definition) is 2. The lowest BCUT2D eigenvalue weighted by atomic mass is 10.1. The third kappa shape index (κ3) is 5.00. The van der Waals surface area contributed by atoms with Gasteiger partial charge in [-0.15, -0.1) is 0 Å². The Morgan fingerprint density at radius 1 is 1.28 bits per heavy atom. The van der Waals surface area contributed by atoms with Gasteiger partial charge in [-0.2, -0.15) is 0 Å². The summed E-state index contributed by atoms with van der Waals surface area (Å²) in [5.41, 5.74) is 1.55. The molecule has 0 bridgehead atoms. The Balaban J connectivity index is 2.13. The topological polar surface area (TPSA) is 99.6 Å². The Morgan fingerprint density at radius 3 is 2.68 bits per heavy atom. The minimum absolute atomic E-state index is 0.0511. The van der Waals surface area contributed by atoms with Crippen molar-refractivity contribution in [2.75, 3.05) is 13.1 Å². The first-order valence-corrected chi connectivity index (χ1v) is 7.99. The Hall–Kier alpha value is -2.96. The molecular formula is C18H21N3O4. The van der Waals surface area contributed by atoms with Gasteiger partial charge in [-0.25, -0.2) is 4.79 Å². The molecule has 2 aromatic rings. The summed E-state index contributed by atoms with van der Waals surface area (Å²) in [6.45, 7) is 3.15. The van der Waals surface area contributed by atoms with E-state index in [2.05, 4.69) is 10.3 Å². The van der Waals surface area contributed by atoms with Crippen molar-refractivity contribution in [3.63, 3.8) is 0 Å². The smallest absolute Gasteiger partial charge is 0.326 e. The number of aliphatic carboxylic acids is 1. The predicted molar refractivity (Wildman–Crippen MR) is 92.9 cm³/mol. The SMILES string of the molecule is CC(=O)NCCN(C(=O)Cc1cnc2ccccc2c1)C(C)C(=O)O. The maximum absolute atomic E-state index is 12.6. The highest BCUT2D eigenvalue weighted by molar-refractivity contribution is 5.86. The fourth-order valence-electron chi connectivity index (χ4n) is 2.51. The highest BCUT2D eigenvalue weighted by atomic mass is 16.4. The number of carbonyl (C=O) groups excluding carboxylic acids is 2. The molecule has 7 heteroatoms. The van der Waals surface area contributed by atoms with Crippen molar-refractivity contribution < 1.29 is 19.5 Å². The largest absolute Gasteiger partial charge is 0.480 e. The number of para-hydroxylation sites is 1. The maximum Gasteiger partial charge on any atom is 0.326 e. The molecule has 0 fully saturated rings. The van der Waals surface area contributed by atoms with E-state index in [1.807, 2.05) is 30.3 Å². The van der Waals surface area contributed by atoms with Crippen molar-refractivity contribution >= 4 is 28.7 Å². The number of aromatic nitrogens is 1. The second-order valence-electron chi connectivity index (χ2n) is 5.80. The molecule has 2 amide bonds. The molecule has 7 nitrogen and oxygen atoms in total. The lowest BCUT2D eigenvalue weighted by Crippen LogP contribution is -2.47. The first-order valence-electron chi connectivity index (χ1n) is 7.99. The summed E-state index contributed by atoms with van der Waals surface area (Å²) in [7, 11) is 0. The molecule has 0 aliphatic heterocycles. The molecule has 2 N–H and O–H groups in total. The first-order chi connectivity index (χ1) is 11.9. The molecule has 0 saturated carbocycles. The van der Waals surface area contributed by atoms with E-state index in [0.717, 1.165) is 10.9 Å². The van der Waals surface area contributed by atoms with Crippen LogP contribution >= 0.6 is 0 Å². The van der Waals surface area contributed by atoms with Crippen LogP contribution in [0.4, 0.5) is 0 Å². The second kappa shape index (κ2) is 8.23. The van der Waals surface area contributed by atoms with E-state index in [0.29, 0.717) is 5.56 Å². The van der Waals surface area contributed by atoms with E-state index >= 15 is 0 Å². The zero-order chi connectivity index (χ0) is 18.4. The summed E-state index contributed by atoms with van der Waals surface area (Å²) in [5.74, 6) is -1.64. The van der Waals surface area contributed by atoms with E-state index in [-0.39, 0.29) is 31.3 Å². The van der Waals surface area contributed by atoms with Gasteiger partial charge in [0, 0.05) is 31.6 Å². The van der Waals surface area contributed by atoms with Gasteiger partial charge in [0.25, 0.3) is 0 Å². The highest BCUT2D eigenvalue weighted by Gasteiger charge is 2.25. The molecule has 0 spiro atoms. The summed E-state index contributed by atoms with van der Waals surface area (Å²) in [4.78, 5) is 40.4. The lowest BCUT2D eigenvalue weighted by Gasteiger charge is -2.26. The number of carbonyl (C=O) groups is 3. The number of nitrogens with one attached hydrogen (secondary N) is 1. The molecule has 1 atom stereocenters. The Kier molecular flexibility index (Phi) is 6.05. The molecular weight excluding hydrogens is 322 g/mol. The van der Waals surface area contributed by atoms with Crippen LogP contribution in [0.5, 0.6) is 0 Å². The average Bonchev–Trinajstić information content (AvgIpc) is 2.57. The highest BCUT2D eigenvalue weighted by Crippen LogP contribution is 2.14. The second-order valence-corrected chi connectivity index (χ2v) is 5.80. The summed E-state index contributed by atoms with van der Waals surface area (Å²) >= 11 is 0. The van der Waals surface area contributed by atoms with Crippen molar-refractivity contribution in [2.24, 2.45) is 0 Å². The fraction of sp³-hybridized carbons (Fsp3) is 0.333. The van der Waals surface area contributed by atoms with Crippen LogP contribution in [0.15, 0.2) is 36.5 Å². The van der Waals surface area contributed by atoms with Gasteiger partial charge >= 0.3 is 5.97 Å². The van der Waals surface area contributed by atoms with Gasteiger partial charge in [-0.3, -0.25) is 14.6 Å². The molecule has 132 valence electrons. The molecule has 1 heterocycles. The number of hydrogen-bond acceptors (Lipinski definition) is 4. The van der Waals surface area contributed by atoms with E-state index in [4.69, 9.17) is 0 Å². The van der Waals surface area contributed by atoms with Crippen molar-refractivity contribution in [1.29, 1.82) is 0 Å². The lowest BCUT2D eigenvalue weighted by molar-refractivity contribution is -0.149. The van der Waals surface area contributed by atoms with Crippen molar-refractivity contribution in [3.8, 4) is 0 Å². The monoisotopic (exact) mass is 343 g/mol. The van der Waals surface area contributed by atoms with Crippen LogP contribution in [0.2, 0.25) is 0 Å². The number of fused-ring (bicyclic) bond motifs is 1. The minimum Gasteiger partial charge on any atom is -0.480 e. The van der Waals surface area contributed by atoms with Gasteiger partial charge in [0.2, 0.25) is 11.8 Å². The zero-order valence-electron chi connectivity index (χ0n) is 14.2. The number of carboxylic acids is 1. The fourth-order valence-corrected chi connectivity index (χ4v) is 2.51. The van der Waals surface area contributed by atoms with Crippen molar-refractivity contribution in [3.05, 3.63) is 42.1 Å². The Bertz CT molecular complexity index is 791. The van der Waals surface area contributed by atoms with Crippen molar-refractivity contribution in [2.45, 2.75) is 26.3 Å². The van der Waals surface area contributed by atoms with E-state index in [1.54, 1.807) is 6.20 Å². The summed E-state index contributed by atoms with van der Waals surface area (Å²) < 4.78 is 0. The molecule has 2 rings (SSSR count). The van der Waals surface area contributed by atoms with Crippen LogP contribution in [0.3, 0.4) is 0 Å². The zero-order valence-corrected chi connectivity index (χ0v) is 14.2. The van der Waals surface area contributed by atoms with Crippen molar-refractivity contribution in [1.82, 2.24) is 15.2 Å². The summed E-state index contributed by atoms with van der Waals surface area (Å²) in [6, 6.07) is 8.46. The van der Waals surface area contributed by atoms with Gasteiger partial charge in [-0.1, -0.05) is 18.2 Å². The standard InChI is InChI=1S/C18H21N3O4/c1-12(18(24)25)21(8-7-19-13(2)22)17(23)10-14-9-15-5-3-4-6-16(15)20-11-14/h3-6,9,11-12H,7-8,10H2,1-2H3,(H,19,22)(H,24,25). The third-order valence-corrected chi connectivity index (χ3v) is 3.87. The minimum atomic E-state index is -1.09. The third-order valence-electron chi connectivity index (χ3n) is 3.87. The van der Waals surface area contributed by atoms with Crippen LogP contribution in [0.1, 0.15) is 19.4 Å². The Labute approximate surface area is 145 Å². The van der Waals surface area contributed by atoms with Crippen LogP contribution in [-0.2, 0) is 20.8 Å². The van der Waals surface area contributed by atoms with Crippen LogP contribution < -0.4 is 5.32 Å². The van der Waals surface area contributed by atoms with E-state index in [1.165, 1.54) is 18.7 Å². The normalized spacial score (nSPS) is 11.8. The van der Waals surface area contributed by atoms with Crippen LogP contribution in [0, 0.1) is 0 Å². The number of benzene rings is 1. The first kappa shape index (κ1) is 18.4. The van der Waals surface area contributed by atoms with Gasteiger partial charge < -0.3 is 15.3 Å². The number of pyridine rings is 1. The van der Waals surface area contributed by atoms with Crippen LogP contribution in [0.25, 0.3) is 10.9 Å². The maximum atomic E-state index is 12.6. The molecule has 0 saturated heterocycles. The number of rotatable bonds is 7. The molecule has 1 aromatic heterocycles. The van der Waals surface area contributed by atoms with Gasteiger partial charge in [-0.05, 0) is 24.6 Å². The number of carboxylic acid groups (broad SMARTS) is 1. The predicted octanol–water partition coefficient (Wildman–Crippen LogP) is 1.22. The summed E-state index contributed by atoms with van der Waals surface area (Å²) in [6.07, 6.45) is 1.67. The van der Waals surface area contributed by atoms with E-state index in [9.17, 15) is 19.5 Å². The molecule has 0 radical (unpaired) electrons. The van der Waals surface area contributed by atoms with E-state index < -0.39 is 12.0 Å². The molecule has 1 unspecified atom stereocenters. The molecule has 0 aliphatic rings. The molecule has 0 aliphatic carbocycles. The number of nitrogens with zero attached hydrogens (tertiary/aromatic N) is 2. The number of amides is 2. The van der Waals surface area contributed by atoms with Gasteiger partial charge in [0.1, 0.15) is 6.04 Å². The summed E-state index contributed by atoms with van der Waals surface area (Å²) in [5, 5.41) is 12.7. The Morgan fingerprint density at radius 2 is 2.00 bits per heavy atom. The van der Waals surface area contributed by atoms with Crippen LogP contribution in [-0.4, -0.2) is 51.9 Å². The quantitative estimate of drug-likeness (QED) is 0.787. The molecule has 1 aromatic carbocycles. The van der Waals surface area contributed by atoms with Gasteiger partial charge in [0.15, 0.2) is 0 Å².